The van der Waals surface area contributed by atoms with Gasteiger partial charge in [-0.2, -0.15) is 13.2 Å². The van der Waals surface area contributed by atoms with Crippen LogP contribution < -0.4 is 5.73 Å². The Labute approximate surface area is 76.2 Å². The van der Waals surface area contributed by atoms with Crippen LogP contribution in [0.4, 0.5) is 13.2 Å². The summed E-state index contributed by atoms with van der Waals surface area (Å²) in [7, 11) is 0. The number of ether oxygens (including phenoxy) is 1. The van der Waals surface area contributed by atoms with Crippen molar-refractivity contribution in [2.24, 2.45) is 5.73 Å². The van der Waals surface area contributed by atoms with Crippen molar-refractivity contribution in [2.45, 2.75) is 38.5 Å². The summed E-state index contributed by atoms with van der Waals surface area (Å²) in [4.78, 5) is 0. The molecule has 1 unspecified atom stereocenters. The van der Waals surface area contributed by atoms with Gasteiger partial charge in [0.2, 0.25) is 0 Å². The van der Waals surface area contributed by atoms with E-state index in [4.69, 9.17) is 5.73 Å². The highest BCUT2D eigenvalue weighted by atomic mass is 19.4. The zero-order valence-corrected chi connectivity index (χ0v) is 7.73. The maximum atomic E-state index is 12.2. The highest BCUT2D eigenvalue weighted by Crippen LogP contribution is 2.25. The fourth-order valence-corrected chi connectivity index (χ4v) is 0.863. The van der Waals surface area contributed by atoms with Gasteiger partial charge in [-0.1, -0.05) is 13.3 Å². The molecule has 0 saturated heterocycles. The minimum Gasteiger partial charge on any atom is -0.369 e. The molecule has 0 bridgehead atoms. The molecular weight excluding hydrogens is 183 g/mol. The summed E-state index contributed by atoms with van der Waals surface area (Å²) >= 11 is 0. The molecule has 0 aromatic carbocycles. The van der Waals surface area contributed by atoms with Crippen LogP contribution in [0.25, 0.3) is 0 Å². The lowest BCUT2D eigenvalue weighted by molar-refractivity contribution is -0.221. The van der Waals surface area contributed by atoms with Crippen molar-refractivity contribution in [3.63, 3.8) is 0 Å². The standard InChI is InChI=1S/C8H16F3NO/c1-2-3-6-13-7(4-5-12)8(9,10)11/h7H,2-6,12H2,1H3. The Bertz CT molecular complexity index is 127. The van der Waals surface area contributed by atoms with Gasteiger partial charge in [-0.05, 0) is 19.4 Å². The van der Waals surface area contributed by atoms with Crippen LogP contribution in [0, 0.1) is 0 Å². The average molecular weight is 199 g/mol. The molecule has 2 nitrogen and oxygen atoms in total. The Morgan fingerprint density at radius 1 is 1.38 bits per heavy atom. The van der Waals surface area contributed by atoms with E-state index in [1.165, 1.54) is 0 Å². The number of nitrogens with two attached hydrogens (primary N) is 1. The average Bonchev–Trinajstić information content (AvgIpc) is 2.01. The third-order valence-corrected chi connectivity index (χ3v) is 1.61. The number of hydrogen-bond acceptors (Lipinski definition) is 2. The van der Waals surface area contributed by atoms with Crippen molar-refractivity contribution in [3.05, 3.63) is 0 Å². The second kappa shape index (κ2) is 6.21. The molecule has 0 aliphatic rings. The summed E-state index contributed by atoms with van der Waals surface area (Å²) in [5.74, 6) is 0. The van der Waals surface area contributed by atoms with Gasteiger partial charge in [-0.3, -0.25) is 0 Å². The van der Waals surface area contributed by atoms with E-state index in [9.17, 15) is 13.2 Å². The minimum atomic E-state index is -4.28. The first-order valence-corrected chi connectivity index (χ1v) is 4.40. The molecule has 80 valence electrons. The molecule has 0 amide bonds. The topological polar surface area (TPSA) is 35.2 Å². The van der Waals surface area contributed by atoms with Crippen molar-refractivity contribution >= 4 is 0 Å². The fourth-order valence-electron chi connectivity index (χ4n) is 0.863. The summed E-state index contributed by atoms with van der Waals surface area (Å²) in [6.07, 6.45) is -4.66. The Hall–Kier alpha value is -0.290. The molecule has 0 saturated carbocycles. The summed E-state index contributed by atoms with van der Waals surface area (Å²) in [5, 5.41) is 0. The van der Waals surface area contributed by atoms with Gasteiger partial charge in [-0.15, -0.1) is 0 Å². The monoisotopic (exact) mass is 199 g/mol. The third-order valence-electron chi connectivity index (χ3n) is 1.61. The smallest absolute Gasteiger partial charge is 0.369 e. The van der Waals surface area contributed by atoms with E-state index in [2.05, 4.69) is 4.74 Å². The lowest BCUT2D eigenvalue weighted by atomic mass is 10.2. The van der Waals surface area contributed by atoms with Crippen LogP contribution in [-0.2, 0) is 4.74 Å². The van der Waals surface area contributed by atoms with E-state index in [0.717, 1.165) is 6.42 Å². The number of unbranched alkanes of at least 4 members (excludes halogenated alkanes) is 1. The molecule has 0 radical (unpaired) electrons. The van der Waals surface area contributed by atoms with Gasteiger partial charge in [0.05, 0.1) is 0 Å². The van der Waals surface area contributed by atoms with E-state index in [-0.39, 0.29) is 19.6 Å². The largest absolute Gasteiger partial charge is 0.414 e. The molecule has 5 heteroatoms. The zero-order valence-electron chi connectivity index (χ0n) is 7.73. The van der Waals surface area contributed by atoms with Crippen molar-refractivity contribution < 1.29 is 17.9 Å². The van der Waals surface area contributed by atoms with Crippen molar-refractivity contribution in [1.29, 1.82) is 0 Å². The van der Waals surface area contributed by atoms with Crippen LogP contribution in [0.5, 0.6) is 0 Å². The molecule has 13 heavy (non-hydrogen) atoms. The molecule has 1 atom stereocenters. The Morgan fingerprint density at radius 2 is 2.00 bits per heavy atom. The summed E-state index contributed by atoms with van der Waals surface area (Å²) < 4.78 is 41.1. The highest BCUT2D eigenvalue weighted by molar-refractivity contribution is 4.67. The summed E-state index contributed by atoms with van der Waals surface area (Å²) in [6, 6.07) is 0. The molecule has 0 rings (SSSR count). The van der Waals surface area contributed by atoms with Crippen molar-refractivity contribution in [2.75, 3.05) is 13.2 Å². The van der Waals surface area contributed by atoms with E-state index in [0.29, 0.717) is 6.42 Å². The second-order valence-corrected chi connectivity index (χ2v) is 2.83. The van der Waals surface area contributed by atoms with E-state index >= 15 is 0 Å². The van der Waals surface area contributed by atoms with Gasteiger partial charge in [0, 0.05) is 6.61 Å². The Morgan fingerprint density at radius 3 is 2.38 bits per heavy atom. The van der Waals surface area contributed by atoms with Gasteiger partial charge in [0.1, 0.15) is 0 Å². The maximum absolute atomic E-state index is 12.2. The first-order valence-electron chi connectivity index (χ1n) is 4.40. The normalized spacial score (nSPS) is 14.5. The van der Waals surface area contributed by atoms with Gasteiger partial charge in [0.15, 0.2) is 6.10 Å². The first kappa shape index (κ1) is 12.7. The number of rotatable bonds is 6. The fraction of sp³-hybridized carbons (Fsp3) is 1.00. The SMILES string of the molecule is CCCCOC(CCN)C(F)(F)F. The molecule has 0 aromatic heterocycles. The first-order chi connectivity index (χ1) is 6.02. The Kier molecular flexibility index (Phi) is 6.07. The lowest BCUT2D eigenvalue weighted by Crippen LogP contribution is -2.34. The molecule has 0 aliphatic carbocycles. The highest BCUT2D eigenvalue weighted by Gasteiger charge is 2.39. The van der Waals surface area contributed by atoms with Crippen LogP contribution in [-0.4, -0.2) is 25.4 Å². The maximum Gasteiger partial charge on any atom is 0.414 e. The number of alkyl halides is 3. The molecule has 0 aromatic rings. The molecule has 0 spiro atoms. The van der Waals surface area contributed by atoms with Gasteiger partial charge < -0.3 is 10.5 Å². The van der Waals surface area contributed by atoms with Gasteiger partial charge in [-0.25, -0.2) is 0 Å². The van der Waals surface area contributed by atoms with Crippen molar-refractivity contribution in [3.8, 4) is 0 Å². The Balaban J connectivity index is 3.81. The predicted molar refractivity (Wildman–Crippen MR) is 44.4 cm³/mol. The second-order valence-electron chi connectivity index (χ2n) is 2.83. The zero-order chi connectivity index (χ0) is 10.3. The van der Waals surface area contributed by atoms with E-state index in [1.807, 2.05) is 6.92 Å². The molecule has 0 fully saturated rings. The van der Waals surface area contributed by atoms with Crippen molar-refractivity contribution in [1.82, 2.24) is 0 Å². The van der Waals surface area contributed by atoms with Gasteiger partial charge in [0.25, 0.3) is 0 Å². The summed E-state index contributed by atoms with van der Waals surface area (Å²) in [6.45, 7) is 2.05. The molecular formula is C8H16F3NO. The molecule has 0 heterocycles. The van der Waals surface area contributed by atoms with Crippen LogP contribution in [0.1, 0.15) is 26.2 Å². The summed E-state index contributed by atoms with van der Waals surface area (Å²) in [5.41, 5.74) is 5.05. The van der Waals surface area contributed by atoms with E-state index < -0.39 is 12.3 Å². The number of hydrogen-bond donors (Lipinski definition) is 1. The van der Waals surface area contributed by atoms with Crippen LogP contribution in [0.2, 0.25) is 0 Å². The lowest BCUT2D eigenvalue weighted by Gasteiger charge is -2.19. The number of halogens is 3. The third kappa shape index (κ3) is 5.87. The quantitative estimate of drug-likeness (QED) is 0.665. The van der Waals surface area contributed by atoms with E-state index in [1.54, 1.807) is 0 Å². The predicted octanol–water partition coefficient (Wildman–Crippen LogP) is 2.08. The molecule has 2 N–H and O–H groups in total. The molecule has 0 aliphatic heterocycles. The van der Waals surface area contributed by atoms with Crippen LogP contribution >= 0.6 is 0 Å². The van der Waals surface area contributed by atoms with Gasteiger partial charge >= 0.3 is 6.18 Å². The minimum absolute atomic E-state index is 0.00367. The van der Waals surface area contributed by atoms with Crippen LogP contribution in [0.15, 0.2) is 0 Å². The van der Waals surface area contributed by atoms with Crippen LogP contribution in [0.3, 0.4) is 0 Å².